The summed E-state index contributed by atoms with van der Waals surface area (Å²) >= 11 is 3.34. The molecule has 0 unspecified atom stereocenters. The van der Waals surface area contributed by atoms with Crippen LogP contribution in [0.4, 0.5) is 0 Å². The number of pyridine rings is 1. The van der Waals surface area contributed by atoms with Gasteiger partial charge in [-0.05, 0) is 53.6 Å². The maximum atomic E-state index is 5.00. The van der Waals surface area contributed by atoms with Crippen molar-refractivity contribution in [2.45, 2.75) is 6.92 Å². The minimum absolute atomic E-state index is 0.656. The fraction of sp³-hybridized carbons (Fsp3) is 0.0435. The molecule has 6 rings (SSSR count). The lowest BCUT2D eigenvalue weighted by Crippen LogP contribution is -1.95. The van der Waals surface area contributed by atoms with Crippen molar-refractivity contribution in [3.8, 4) is 32.3 Å². The summed E-state index contributed by atoms with van der Waals surface area (Å²) in [5.74, 6) is 0. The van der Waals surface area contributed by atoms with Gasteiger partial charge in [0.05, 0.1) is 15.3 Å². The van der Waals surface area contributed by atoms with Gasteiger partial charge in [0.2, 0.25) is 0 Å². The van der Waals surface area contributed by atoms with Crippen molar-refractivity contribution >= 4 is 44.7 Å². The summed E-state index contributed by atoms with van der Waals surface area (Å²) in [4.78, 5) is 16.7. The second-order valence-corrected chi connectivity index (χ2v) is 8.92. The van der Waals surface area contributed by atoms with Crippen LogP contribution in [0.15, 0.2) is 65.5 Å². The average Bonchev–Trinajstić information content (AvgIpc) is 3.55. The summed E-state index contributed by atoms with van der Waals surface area (Å²) in [5, 5.41) is 12.6. The predicted octanol–water partition coefficient (Wildman–Crippen LogP) is 6.33. The molecule has 144 valence electrons. The van der Waals surface area contributed by atoms with E-state index in [4.69, 9.17) is 9.97 Å². The van der Waals surface area contributed by atoms with Gasteiger partial charge >= 0.3 is 0 Å². The Morgan fingerprint density at radius 1 is 0.800 bits per heavy atom. The van der Waals surface area contributed by atoms with E-state index >= 15 is 0 Å². The van der Waals surface area contributed by atoms with Gasteiger partial charge in [-0.1, -0.05) is 18.2 Å². The Bertz CT molecular complexity index is 1500. The molecule has 0 aliphatic rings. The number of nitrogens with one attached hydrogen (secondary N) is 1. The van der Waals surface area contributed by atoms with Crippen molar-refractivity contribution in [2.75, 3.05) is 0 Å². The van der Waals surface area contributed by atoms with Crippen LogP contribution in [0.3, 0.4) is 0 Å². The number of aryl methyl sites for hydroxylation is 1. The zero-order valence-corrected chi connectivity index (χ0v) is 17.6. The Hall–Kier alpha value is -3.42. The number of aromatic nitrogens is 5. The first kappa shape index (κ1) is 17.4. The zero-order chi connectivity index (χ0) is 20.1. The van der Waals surface area contributed by atoms with Crippen LogP contribution < -0.4 is 0 Å². The molecule has 0 fully saturated rings. The molecular formula is C23H15N5S2. The molecule has 1 aromatic carbocycles. The van der Waals surface area contributed by atoms with Gasteiger partial charge in [0.15, 0.2) is 5.65 Å². The van der Waals surface area contributed by atoms with E-state index in [1.807, 2.05) is 31.3 Å². The van der Waals surface area contributed by atoms with Gasteiger partial charge in [-0.25, -0.2) is 15.0 Å². The smallest absolute Gasteiger partial charge is 0.178 e. The Balaban J connectivity index is 1.55. The number of hydrogen-bond acceptors (Lipinski definition) is 6. The average molecular weight is 426 g/mol. The fourth-order valence-electron chi connectivity index (χ4n) is 3.59. The lowest BCUT2D eigenvalue weighted by molar-refractivity contribution is 1.07. The molecule has 0 aliphatic heterocycles. The zero-order valence-electron chi connectivity index (χ0n) is 16.0. The molecule has 0 radical (unpaired) electrons. The van der Waals surface area contributed by atoms with E-state index in [-0.39, 0.29) is 0 Å². The molecule has 7 heteroatoms. The molecule has 0 atom stereocenters. The monoisotopic (exact) mass is 425 g/mol. The first-order valence-corrected chi connectivity index (χ1v) is 11.2. The first-order valence-electron chi connectivity index (χ1n) is 9.47. The third kappa shape index (κ3) is 2.82. The van der Waals surface area contributed by atoms with Gasteiger partial charge in [0.25, 0.3) is 0 Å². The molecule has 5 nitrogen and oxygen atoms in total. The summed E-state index contributed by atoms with van der Waals surface area (Å²) < 4.78 is 0. The van der Waals surface area contributed by atoms with E-state index in [9.17, 15) is 0 Å². The third-order valence-corrected chi connectivity index (χ3v) is 6.86. The Kier molecular flexibility index (Phi) is 3.97. The van der Waals surface area contributed by atoms with Crippen molar-refractivity contribution in [1.82, 2.24) is 25.1 Å². The molecule has 5 heterocycles. The van der Waals surface area contributed by atoms with Crippen LogP contribution in [0.5, 0.6) is 0 Å². The molecule has 1 N–H and O–H groups in total. The van der Waals surface area contributed by atoms with Gasteiger partial charge in [0.1, 0.15) is 16.9 Å². The number of nitrogens with zero attached hydrogens (tertiary/aromatic N) is 4. The third-order valence-electron chi connectivity index (χ3n) is 5.11. The Morgan fingerprint density at radius 3 is 2.30 bits per heavy atom. The second kappa shape index (κ2) is 6.83. The number of fused-ring (bicyclic) bond motifs is 2. The van der Waals surface area contributed by atoms with E-state index < -0.39 is 0 Å². The number of benzene rings is 1. The highest BCUT2D eigenvalue weighted by atomic mass is 32.1. The first-order chi connectivity index (χ1) is 14.8. The van der Waals surface area contributed by atoms with Gasteiger partial charge < -0.3 is 0 Å². The van der Waals surface area contributed by atoms with Crippen molar-refractivity contribution in [2.24, 2.45) is 0 Å². The second-order valence-electron chi connectivity index (χ2n) is 7.02. The van der Waals surface area contributed by atoms with Gasteiger partial charge in [0, 0.05) is 22.8 Å². The molecule has 6 aromatic rings. The van der Waals surface area contributed by atoms with Crippen LogP contribution in [0.2, 0.25) is 0 Å². The molecule has 5 aromatic heterocycles. The summed E-state index contributed by atoms with van der Waals surface area (Å²) in [6.07, 6.45) is 1.87. The standard InChI is InChI=1S/C23H15N5S2/c1-13-16-10-14(6-7-17(16)28-27-13)15-11-18-23(24-12-15)26-22(20-5-3-9-30-20)21(25-18)19-4-2-8-29-19/h2-12H,1H3,(H,27,28). The molecule has 0 bridgehead atoms. The minimum atomic E-state index is 0.656. The summed E-state index contributed by atoms with van der Waals surface area (Å²) in [6.45, 7) is 2.03. The highest BCUT2D eigenvalue weighted by molar-refractivity contribution is 7.14. The SMILES string of the molecule is Cc1[nH]nc2ccc(-c3cnc4nc(-c5cccs5)c(-c5cccs5)nc4c3)cc12. The number of H-pyrrole nitrogens is 1. The van der Waals surface area contributed by atoms with Gasteiger partial charge in [-0.2, -0.15) is 5.10 Å². The predicted molar refractivity (Wildman–Crippen MR) is 124 cm³/mol. The van der Waals surface area contributed by atoms with Crippen molar-refractivity contribution in [1.29, 1.82) is 0 Å². The molecule has 0 aliphatic carbocycles. The van der Waals surface area contributed by atoms with E-state index in [1.54, 1.807) is 22.7 Å². The van der Waals surface area contributed by atoms with E-state index in [1.165, 1.54) is 0 Å². The Morgan fingerprint density at radius 2 is 1.57 bits per heavy atom. The van der Waals surface area contributed by atoms with Crippen LogP contribution in [0, 0.1) is 6.92 Å². The van der Waals surface area contributed by atoms with Gasteiger partial charge in [-0.3, -0.25) is 5.10 Å². The summed E-state index contributed by atoms with van der Waals surface area (Å²) in [7, 11) is 0. The largest absolute Gasteiger partial charge is 0.282 e. The van der Waals surface area contributed by atoms with Crippen molar-refractivity contribution in [3.05, 3.63) is 71.2 Å². The number of thiophene rings is 2. The van der Waals surface area contributed by atoms with Crippen LogP contribution in [-0.4, -0.2) is 25.1 Å². The molecular weight excluding hydrogens is 410 g/mol. The topological polar surface area (TPSA) is 67.3 Å². The molecule has 30 heavy (non-hydrogen) atoms. The highest BCUT2D eigenvalue weighted by Crippen LogP contribution is 2.36. The summed E-state index contributed by atoms with van der Waals surface area (Å²) in [6, 6.07) is 16.6. The molecule has 0 amide bonds. The molecule has 0 saturated carbocycles. The number of aromatic amines is 1. The molecule has 0 saturated heterocycles. The highest BCUT2D eigenvalue weighted by Gasteiger charge is 2.16. The van der Waals surface area contributed by atoms with Crippen LogP contribution >= 0.6 is 22.7 Å². The van der Waals surface area contributed by atoms with E-state index in [0.717, 1.165) is 54.4 Å². The van der Waals surface area contributed by atoms with Gasteiger partial charge in [-0.15, -0.1) is 22.7 Å². The van der Waals surface area contributed by atoms with Crippen LogP contribution in [0.1, 0.15) is 5.69 Å². The maximum absolute atomic E-state index is 5.00. The molecule has 0 spiro atoms. The quantitative estimate of drug-likeness (QED) is 0.359. The Labute approximate surface area is 180 Å². The lowest BCUT2D eigenvalue weighted by Gasteiger charge is -2.08. The fourth-order valence-corrected chi connectivity index (χ4v) is 5.02. The summed E-state index contributed by atoms with van der Waals surface area (Å²) in [5.41, 5.74) is 7.36. The van der Waals surface area contributed by atoms with Crippen molar-refractivity contribution in [3.63, 3.8) is 0 Å². The van der Waals surface area contributed by atoms with Crippen LogP contribution in [0.25, 0.3) is 54.3 Å². The van der Waals surface area contributed by atoms with E-state index in [0.29, 0.717) is 5.65 Å². The number of rotatable bonds is 3. The van der Waals surface area contributed by atoms with Crippen LogP contribution in [-0.2, 0) is 0 Å². The van der Waals surface area contributed by atoms with E-state index in [2.05, 4.69) is 56.3 Å². The lowest BCUT2D eigenvalue weighted by atomic mass is 10.0. The van der Waals surface area contributed by atoms with Crippen molar-refractivity contribution < 1.29 is 0 Å². The minimum Gasteiger partial charge on any atom is -0.282 e. The maximum Gasteiger partial charge on any atom is 0.178 e. The number of hydrogen-bond donors (Lipinski definition) is 1. The normalized spacial score (nSPS) is 11.5.